The molecule has 0 unspecified atom stereocenters. The maximum Gasteiger partial charge on any atom is 0.209 e. The van der Waals surface area contributed by atoms with Crippen molar-refractivity contribution < 1.29 is 8.42 Å². The first-order chi connectivity index (χ1) is 9.66. The number of aryl methyl sites for hydroxylation is 1. The van der Waals surface area contributed by atoms with Gasteiger partial charge in [0.2, 0.25) is 10.0 Å². The Labute approximate surface area is 125 Å². The molecule has 5 nitrogen and oxygen atoms in total. The first-order valence-electron chi connectivity index (χ1n) is 6.75. The third-order valence-electron chi connectivity index (χ3n) is 3.03. The fourth-order valence-electron chi connectivity index (χ4n) is 2.31. The van der Waals surface area contributed by atoms with Crippen molar-refractivity contribution in [3.8, 4) is 0 Å². The summed E-state index contributed by atoms with van der Waals surface area (Å²) in [6, 6.07) is 9.85. The minimum absolute atomic E-state index is 0.480. The Morgan fingerprint density at radius 3 is 2.57 bits per heavy atom. The Morgan fingerprint density at radius 1 is 1.24 bits per heavy atom. The molecule has 1 aromatic heterocycles. The lowest BCUT2D eigenvalue weighted by Crippen LogP contribution is -2.47. The predicted molar refractivity (Wildman–Crippen MR) is 87.0 cm³/mol. The molecule has 0 atom stereocenters. The first-order valence-corrected chi connectivity index (χ1v) is 8.65. The van der Waals surface area contributed by atoms with Crippen molar-refractivity contribution in [2.24, 2.45) is 0 Å². The minimum Gasteiger partial charge on any atom is -0.383 e. The molecule has 2 rings (SSSR count). The molecule has 114 valence electrons. The van der Waals surface area contributed by atoms with Crippen molar-refractivity contribution in [2.75, 3.05) is 18.1 Å². The third-order valence-corrected chi connectivity index (χ3v) is 3.95. The van der Waals surface area contributed by atoms with Crippen molar-refractivity contribution in [1.82, 2.24) is 9.71 Å². The van der Waals surface area contributed by atoms with E-state index in [9.17, 15) is 8.42 Å². The summed E-state index contributed by atoms with van der Waals surface area (Å²) in [4.78, 5) is 4.49. The molecule has 2 N–H and O–H groups in total. The predicted octanol–water partition coefficient (Wildman–Crippen LogP) is 2.28. The van der Waals surface area contributed by atoms with Gasteiger partial charge < -0.3 is 5.32 Å². The lowest BCUT2D eigenvalue weighted by molar-refractivity contribution is 0.476. The number of pyridine rings is 1. The van der Waals surface area contributed by atoms with Crippen LogP contribution in [0.25, 0.3) is 10.9 Å². The van der Waals surface area contributed by atoms with E-state index in [4.69, 9.17) is 0 Å². The molecule has 0 saturated carbocycles. The number of nitrogens with zero attached hydrogens (tertiary/aromatic N) is 1. The second-order valence-electron chi connectivity index (χ2n) is 5.94. The average Bonchev–Trinajstić information content (AvgIpc) is 2.33. The lowest BCUT2D eigenvalue weighted by atomic mass is 10.1. The van der Waals surface area contributed by atoms with E-state index in [1.54, 1.807) is 0 Å². The highest BCUT2D eigenvalue weighted by molar-refractivity contribution is 7.88. The van der Waals surface area contributed by atoms with Gasteiger partial charge in [-0.1, -0.05) is 18.2 Å². The highest BCUT2D eigenvalue weighted by atomic mass is 32.2. The Hall–Kier alpha value is -1.66. The van der Waals surface area contributed by atoms with Crippen molar-refractivity contribution in [2.45, 2.75) is 26.3 Å². The number of hydrogen-bond acceptors (Lipinski definition) is 4. The van der Waals surface area contributed by atoms with Gasteiger partial charge in [-0.2, -0.15) is 0 Å². The number of anilines is 1. The number of sulfonamides is 1. The fraction of sp³-hybridized carbons (Fsp3) is 0.400. The zero-order chi connectivity index (χ0) is 15.7. The van der Waals surface area contributed by atoms with Crippen LogP contribution >= 0.6 is 0 Å². The molecule has 21 heavy (non-hydrogen) atoms. The molecule has 0 aliphatic heterocycles. The largest absolute Gasteiger partial charge is 0.383 e. The van der Waals surface area contributed by atoms with Crippen LogP contribution in [0.3, 0.4) is 0 Å². The molecule has 6 heteroatoms. The van der Waals surface area contributed by atoms with Gasteiger partial charge in [0.25, 0.3) is 0 Å². The number of benzene rings is 1. The van der Waals surface area contributed by atoms with Crippen LogP contribution in [0.5, 0.6) is 0 Å². The Morgan fingerprint density at radius 2 is 1.90 bits per heavy atom. The summed E-state index contributed by atoms with van der Waals surface area (Å²) >= 11 is 0. The number of fused-ring (bicyclic) bond motifs is 1. The first kappa shape index (κ1) is 15.7. The van der Waals surface area contributed by atoms with Gasteiger partial charge in [-0.15, -0.1) is 0 Å². The normalized spacial score (nSPS) is 12.6. The summed E-state index contributed by atoms with van der Waals surface area (Å²) in [5, 5.41) is 4.35. The second kappa shape index (κ2) is 5.61. The number of hydrogen-bond donors (Lipinski definition) is 2. The quantitative estimate of drug-likeness (QED) is 0.889. The average molecular weight is 307 g/mol. The van der Waals surface area contributed by atoms with E-state index in [1.165, 1.54) is 6.26 Å². The zero-order valence-electron chi connectivity index (χ0n) is 12.8. The lowest BCUT2D eigenvalue weighted by Gasteiger charge is -2.26. The molecule has 0 saturated heterocycles. The molecule has 0 radical (unpaired) electrons. The molecule has 2 aromatic rings. The zero-order valence-corrected chi connectivity index (χ0v) is 13.6. The SMILES string of the molecule is Cc1cc(NCC(C)(C)NS(C)(=O)=O)c2ccccc2n1. The van der Waals surface area contributed by atoms with Gasteiger partial charge in [0.1, 0.15) is 0 Å². The fourth-order valence-corrected chi connectivity index (χ4v) is 3.38. The minimum atomic E-state index is -3.24. The molecule has 0 fully saturated rings. The van der Waals surface area contributed by atoms with Gasteiger partial charge in [-0.05, 0) is 32.9 Å². The van der Waals surface area contributed by atoms with E-state index in [-0.39, 0.29) is 0 Å². The summed E-state index contributed by atoms with van der Waals surface area (Å²) in [5.74, 6) is 0. The summed E-state index contributed by atoms with van der Waals surface area (Å²) in [6.45, 7) is 6.11. The molecule has 0 bridgehead atoms. The van der Waals surface area contributed by atoms with Crippen molar-refractivity contribution in [3.63, 3.8) is 0 Å². The van der Waals surface area contributed by atoms with E-state index in [1.807, 2.05) is 51.1 Å². The molecule has 0 aliphatic rings. The molecule has 1 aromatic carbocycles. The molecular formula is C15H21N3O2S. The molecular weight excluding hydrogens is 286 g/mol. The molecule has 0 amide bonds. The van der Waals surface area contributed by atoms with Crippen molar-refractivity contribution in [3.05, 3.63) is 36.0 Å². The summed E-state index contributed by atoms with van der Waals surface area (Å²) in [7, 11) is -3.24. The van der Waals surface area contributed by atoms with Crippen molar-refractivity contribution >= 4 is 26.6 Å². The second-order valence-corrected chi connectivity index (χ2v) is 7.69. The van der Waals surface area contributed by atoms with Gasteiger partial charge in [0, 0.05) is 28.9 Å². The number of aromatic nitrogens is 1. The van der Waals surface area contributed by atoms with Crippen LogP contribution in [0, 0.1) is 6.92 Å². The van der Waals surface area contributed by atoms with Crippen LogP contribution in [0.2, 0.25) is 0 Å². The summed E-state index contributed by atoms with van der Waals surface area (Å²) in [6.07, 6.45) is 1.17. The topological polar surface area (TPSA) is 71.1 Å². The molecule has 0 spiro atoms. The van der Waals surface area contributed by atoms with Crippen LogP contribution in [0.4, 0.5) is 5.69 Å². The van der Waals surface area contributed by atoms with Crippen LogP contribution in [-0.2, 0) is 10.0 Å². The highest BCUT2D eigenvalue weighted by Gasteiger charge is 2.22. The summed E-state index contributed by atoms with van der Waals surface area (Å²) in [5.41, 5.74) is 2.23. The van der Waals surface area contributed by atoms with Crippen LogP contribution < -0.4 is 10.0 Å². The van der Waals surface area contributed by atoms with Gasteiger partial charge in [0.05, 0.1) is 11.8 Å². The van der Waals surface area contributed by atoms with Crippen LogP contribution in [-0.4, -0.2) is 31.7 Å². The Bertz CT molecular complexity index is 755. The van der Waals surface area contributed by atoms with E-state index in [0.29, 0.717) is 6.54 Å². The van der Waals surface area contributed by atoms with E-state index in [0.717, 1.165) is 22.3 Å². The number of nitrogens with one attached hydrogen (secondary N) is 2. The van der Waals surface area contributed by atoms with Gasteiger partial charge >= 0.3 is 0 Å². The van der Waals surface area contributed by atoms with Crippen LogP contribution in [0.15, 0.2) is 30.3 Å². The van der Waals surface area contributed by atoms with E-state index < -0.39 is 15.6 Å². The molecule has 0 aliphatic carbocycles. The van der Waals surface area contributed by atoms with Gasteiger partial charge in [-0.3, -0.25) is 4.98 Å². The smallest absolute Gasteiger partial charge is 0.209 e. The summed E-state index contributed by atoms with van der Waals surface area (Å²) < 4.78 is 25.4. The Kier molecular flexibility index (Phi) is 4.20. The van der Waals surface area contributed by atoms with Gasteiger partial charge in [0.15, 0.2) is 0 Å². The molecule has 1 heterocycles. The highest BCUT2D eigenvalue weighted by Crippen LogP contribution is 2.23. The Balaban J connectivity index is 2.24. The monoisotopic (exact) mass is 307 g/mol. The standard InChI is InChI=1S/C15H21N3O2S/c1-11-9-14(12-7-5-6-8-13(12)17-11)16-10-15(2,3)18-21(4,19)20/h5-9,18H,10H2,1-4H3,(H,16,17). The van der Waals surface area contributed by atoms with E-state index >= 15 is 0 Å². The number of para-hydroxylation sites is 1. The van der Waals surface area contributed by atoms with Crippen molar-refractivity contribution in [1.29, 1.82) is 0 Å². The third kappa shape index (κ3) is 4.41. The number of rotatable bonds is 5. The maximum atomic E-state index is 11.4. The maximum absolute atomic E-state index is 11.4. The van der Waals surface area contributed by atoms with E-state index in [2.05, 4.69) is 15.0 Å². The van der Waals surface area contributed by atoms with Crippen LogP contribution in [0.1, 0.15) is 19.5 Å². The van der Waals surface area contributed by atoms with Gasteiger partial charge in [-0.25, -0.2) is 13.1 Å².